The van der Waals surface area contributed by atoms with Gasteiger partial charge < -0.3 is 4.74 Å². The monoisotopic (exact) mass is 455 g/mol. The maximum atomic E-state index is 13.9. The lowest BCUT2D eigenvalue weighted by atomic mass is 9.91. The fourth-order valence-electron chi connectivity index (χ4n) is 4.43. The number of hydrogen-bond acceptors (Lipinski definition) is 6. The highest BCUT2D eigenvalue weighted by atomic mass is 16.6. The topological polar surface area (TPSA) is 103 Å². The minimum absolute atomic E-state index is 0.00118. The molecule has 5 rings (SSSR count). The number of benzene rings is 3. The minimum Gasteiger partial charge on any atom is -0.497 e. The van der Waals surface area contributed by atoms with Gasteiger partial charge in [-0.05, 0) is 35.7 Å². The van der Waals surface area contributed by atoms with E-state index in [9.17, 15) is 14.9 Å². The Morgan fingerprint density at radius 1 is 0.971 bits per heavy atom. The Hall–Kier alpha value is -4.53. The Morgan fingerprint density at radius 2 is 1.65 bits per heavy atom. The van der Waals surface area contributed by atoms with E-state index in [-0.39, 0.29) is 17.3 Å². The van der Waals surface area contributed by atoms with Crippen molar-refractivity contribution in [2.45, 2.75) is 18.5 Å². The molecule has 2 unspecified atom stereocenters. The summed E-state index contributed by atoms with van der Waals surface area (Å²) in [7, 11) is 1.59. The summed E-state index contributed by atoms with van der Waals surface area (Å²) in [5, 5.41) is 16.1. The van der Waals surface area contributed by atoms with Crippen molar-refractivity contribution in [2.24, 2.45) is 0 Å². The van der Waals surface area contributed by atoms with E-state index in [1.807, 2.05) is 54.6 Å². The van der Waals surface area contributed by atoms with Gasteiger partial charge in [0.1, 0.15) is 17.6 Å². The number of nitro groups is 1. The second-order valence-electron chi connectivity index (χ2n) is 7.91. The van der Waals surface area contributed by atoms with Crippen LogP contribution in [0.5, 0.6) is 5.75 Å². The molecule has 1 aliphatic rings. The van der Waals surface area contributed by atoms with Crippen LogP contribution in [0.4, 0.5) is 11.6 Å². The first-order valence-corrected chi connectivity index (χ1v) is 10.7. The van der Waals surface area contributed by atoms with E-state index in [0.717, 1.165) is 11.1 Å². The molecule has 9 heteroatoms. The molecule has 0 radical (unpaired) electrons. The summed E-state index contributed by atoms with van der Waals surface area (Å²) in [6, 6.07) is 22.7. The average Bonchev–Trinajstić information content (AvgIpc) is 3.38. The van der Waals surface area contributed by atoms with Crippen molar-refractivity contribution in [1.82, 2.24) is 14.8 Å². The van der Waals surface area contributed by atoms with Crippen molar-refractivity contribution in [3.63, 3.8) is 0 Å². The number of amides is 1. The summed E-state index contributed by atoms with van der Waals surface area (Å²) in [5.41, 5.74) is 1.64. The van der Waals surface area contributed by atoms with Gasteiger partial charge in [-0.25, -0.2) is 4.68 Å². The van der Waals surface area contributed by atoms with Crippen LogP contribution < -0.4 is 9.64 Å². The zero-order chi connectivity index (χ0) is 23.7. The molecule has 2 heterocycles. The van der Waals surface area contributed by atoms with Gasteiger partial charge in [0.05, 0.1) is 24.1 Å². The molecule has 3 aromatic carbocycles. The number of rotatable bonds is 5. The Labute approximate surface area is 195 Å². The van der Waals surface area contributed by atoms with Crippen molar-refractivity contribution in [1.29, 1.82) is 0 Å². The highest BCUT2D eigenvalue weighted by Gasteiger charge is 2.41. The van der Waals surface area contributed by atoms with Gasteiger partial charge in [0.15, 0.2) is 0 Å². The van der Waals surface area contributed by atoms with Crippen LogP contribution in [0, 0.1) is 10.1 Å². The molecule has 0 aliphatic carbocycles. The molecule has 0 N–H and O–H groups in total. The van der Waals surface area contributed by atoms with E-state index in [1.54, 1.807) is 23.9 Å². The Morgan fingerprint density at radius 3 is 2.35 bits per heavy atom. The summed E-state index contributed by atoms with van der Waals surface area (Å²) in [6.07, 6.45) is 1.92. The van der Waals surface area contributed by atoms with E-state index in [4.69, 9.17) is 4.74 Å². The number of hydrogen-bond donors (Lipinski definition) is 0. The number of nitrogens with zero attached hydrogens (tertiary/aromatic N) is 5. The first kappa shape index (κ1) is 21.3. The van der Waals surface area contributed by atoms with Gasteiger partial charge in [0.25, 0.3) is 11.6 Å². The molecule has 0 bridgehead atoms. The number of methoxy groups -OCH3 is 1. The highest BCUT2D eigenvalue weighted by molar-refractivity contribution is 6.08. The van der Waals surface area contributed by atoms with E-state index in [0.29, 0.717) is 18.1 Å². The Balaban J connectivity index is 1.66. The lowest BCUT2D eigenvalue weighted by Crippen LogP contribution is -2.42. The fourth-order valence-corrected chi connectivity index (χ4v) is 4.43. The smallest absolute Gasteiger partial charge is 0.282 e. The molecule has 9 nitrogen and oxygen atoms in total. The summed E-state index contributed by atoms with van der Waals surface area (Å²) in [6.45, 7) is 0. The molecule has 0 saturated carbocycles. The van der Waals surface area contributed by atoms with Gasteiger partial charge in [-0.1, -0.05) is 54.6 Å². The van der Waals surface area contributed by atoms with E-state index >= 15 is 0 Å². The normalized spacial score (nSPS) is 17.1. The van der Waals surface area contributed by atoms with Crippen molar-refractivity contribution in [2.75, 3.05) is 12.0 Å². The van der Waals surface area contributed by atoms with Crippen molar-refractivity contribution < 1.29 is 14.5 Å². The molecule has 170 valence electrons. The average molecular weight is 455 g/mol. The molecular weight excluding hydrogens is 434 g/mol. The predicted octanol–water partition coefficient (Wildman–Crippen LogP) is 4.58. The van der Waals surface area contributed by atoms with Crippen LogP contribution in [0.3, 0.4) is 0 Å². The van der Waals surface area contributed by atoms with Crippen LogP contribution in [-0.4, -0.2) is 32.7 Å². The van der Waals surface area contributed by atoms with Crippen LogP contribution in [0.2, 0.25) is 0 Å². The first-order chi connectivity index (χ1) is 16.6. The zero-order valence-corrected chi connectivity index (χ0v) is 18.3. The number of para-hydroxylation sites is 1. The molecule has 0 fully saturated rings. The number of ether oxygens (including phenoxy) is 1. The number of carbonyl (C=O) groups excluding carboxylic acids is 1. The minimum atomic E-state index is -0.545. The molecular formula is C25H21N5O4. The van der Waals surface area contributed by atoms with Crippen LogP contribution in [0.25, 0.3) is 0 Å². The predicted molar refractivity (Wildman–Crippen MR) is 125 cm³/mol. The third kappa shape index (κ3) is 3.66. The molecule has 0 spiro atoms. The van der Waals surface area contributed by atoms with E-state index < -0.39 is 16.9 Å². The maximum Gasteiger partial charge on any atom is 0.282 e. The number of aromatic nitrogens is 3. The second kappa shape index (κ2) is 8.78. The summed E-state index contributed by atoms with van der Waals surface area (Å²) in [5.74, 6) is 0.525. The summed E-state index contributed by atoms with van der Waals surface area (Å²) in [4.78, 5) is 30.9. The SMILES string of the molecule is COc1ccc(C2CC(c3ccccc3)n3ncnc3N2C(=O)c2ccccc2[N+](=O)[O-])cc1. The van der Waals surface area contributed by atoms with Gasteiger partial charge in [0.2, 0.25) is 5.95 Å². The summed E-state index contributed by atoms with van der Waals surface area (Å²) < 4.78 is 7.00. The molecule has 1 aliphatic heterocycles. The third-order valence-electron chi connectivity index (χ3n) is 6.06. The summed E-state index contributed by atoms with van der Waals surface area (Å²) >= 11 is 0. The quantitative estimate of drug-likeness (QED) is 0.322. The Bertz CT molecular complexity index is 1340. The van der Waals surface area contributed by atoms with Gasteiger partial charge in [0, 0.05) is 6.07 Å². The van der Waals surface area contributed by atoms with Crippen LogP contribution in [0.15, 0.2) is 85.2 Å². The Kier molecular flexibility index (Phi) is 5.51. The van der Waals surface area contributed by atoms with Crippen LogP contribution >= 0.6 is 0 Å². The number of carbonyl (C=O) groups is 1. The second-order valence-corrected chi connectivity index (χ2v) is 7.91. The van der Waals surface area contributed by atoms with E-state index in [1.165, 1.54) is 23.4 Å². The van der Waals surface area contributed by atoms with Crippen LogP contribution in [0.1, 0.15) is 40.0 Å². The highest BCUT2D eigenvalue weighted by Crippen LogP contribution is 2.43. The first-order valence-electron chi connectivity index (χ1n) is 10.7. The third-order valence-corrected chi connectivity index (χ3v) is 6.06. The molecule has 4 aromatic rings. The molecule has 1 aromatic heterocycles. The largest absolute Gasteiger partial charge is 0.497 e. The maximum absolute atomic E-state index is 13.9. The number of nitro benzene ring substituents is 1. The molecule has 1 amide bonds. The van der Waals surface area contributed by atoms with Crippen molar-refractivity contribution in [3.8, 4) is 5.75 Å². The number of fused-ring (bicyclic) bond motifs is 1. The zero-order valence-electron chi connectivity index (χ0n) is 18.3. The van der Waals surface area contributed by atoms with Crippen molar-refractivity contribution in [3.05, 3.63) is 112 Å². The molecule has 2 atom stereocenters. The van der Waals surface area contributed by atoms with Crippen LogP contribution in [-0.2, 0) is 0 Å². The lowest BCUT2D eigenvalue weighted by molar-refractivity contribution is -0.385. The standard InChI is InChI=1S/C25H21N5O4/c1-34-19-13-11-18(12-14-19)22-15-23(17-7-3-2-4-8-17)29-25(26-16-27-29)28(22)24(31)20-9-5-6-10-21(20)30(32)33/h2-14,16,22-23H,15H2,1H3. The molecule has 0 saturated heterocycles. The number of anilines is 1. The van der Waals surface area contributed by atoms with Crippen molar-refractivity contribution >= 4 is 17.5 Å². The van der Waals surface area contributed by atoms with Gasteiger partial charge in [-0.3, -0.25) is 19.8 Å². The van der Waals surface area contributed by atoms with Gasteiger partial charge in [-0.15, -0.1) is 0 Å². The van der Waals surface area contributed by atoms with Gasteiger partial charge >= 0.3 is 0 Å². The van der Waals surface area contributed by atoms with Gasteiger partial charge in [-0.2, -0.15) is 10.1 Å². The van der Waals surface area contributed by atoms with E-state index in [2.05, 4.69) is 10.1 Å². The molecule has 34 heavy (non-hydrogen) atoms. The lowest BCUT2D eigenvalue weighted by Gasteiger charge is -2.39. The fraction of sp³-hybridized carbons (Fsp3) is 0.160.